The van der Waals surface area contributed by atoms with Gasteiger partial charge < -0.3 is 15.2 Å². The zero-order valence-electron chi connectivity index (χ0n) is 18.6. The van der Waals surface area contributed by atoms with Crippen molar-refractivity contribution in [3.05, 3.63) is 94.7 Å². The van der Waals surface area contributed by atoms with Crippen LogP contribution in [0.5, 0.6) is 5.88 Å². The first-order valence-corrected chi connectivity index (χ1v) is 10.5. The number of hydrogen-bond acceptors (Lipinski definition) is 5. The molecule has 0 radical (unpaired) electrons. The van der Waals surface area contributed by atoms with Crippen molar-refractivity contribution in [3.8, 4) is 5.88 Å². The van der Waals surface area contributed by atoms with Crippen molar-refractivity contribution in [3.63, 3.8) is 0 Å². The Morgan fingerprint density at radius 3 is 2.00 bits per heavy atom. The van der Waals surface area contributed by atoms with Crippen LogP contribution in [0.1, 0.15) is 53.4 Å². The highest BCUT2D eigenvalue weighted by molar-refractivity contribution is 5.96. The lowest BCUT2D eigenvalue weighted by Gasteiger charge is -2.20. The highest BCUT2D eigenvalue weighted by atomic mass is 16.6. The number of carbonyl (C=O) groups is 2. The second-order valence-corrected chi connectivity index (χ2v) is 8.51. The number of benzene rings is 2. The number of aromatic nitrogens is 1. The van der Waals surface area contributed by atoms with Gasteiger partial charge in [-0.1, -0.05) is 60.7 Å². The minimum absolute atomic E-state index is 0.199. The van der Waals surface area contributed by atoms with E-state index in [1.165, 1.54) is 0 Å². The van der Waals surface area contributed by atoms with Crippen LogP contribution in [0.2, 0.25) is 0 Å². The molecule has 0 unspecified atom stereocenters. The predicted molar refractivity (Wildman–Crippen MR) is 123 cm³/mol. The highest BCUT2D eigenvalue weighted by Gasteiger charge is 2.22. The van der Waals surface area contributed by atoms with Gasteiger partial charge in [0, 0.05) is 18.2 Å². The van der Waals surface area contributed by atoms with Crippen LogP contribution in [-0.4, -0.2) is 29.1 Å². The number of primary amides is 1. The number of esters is 1. The lowest BCUT2D eigenvalue weighted by atomic mass is 9.94. The van der Waals surface area contributed by atoms with Crippen molar-refractivity contribution in [1.82, 2.24) is 4.98 Å². The summed E-state index contributed by atoms with van der Waals surface area (Å²) in [6.07, 6.45) is 2.48. The smallest absolute Gasteiger partial charge is 0.344 e. The maximum atomic E-state index is 12.5. The Labute approximate surface area is 188 Å². The number of hydrogen-bond donors (Lipinski definition) is 1. The van der Waals surface area contributed by atoms with Gasteiger partial charge in [0.05, 0.1) is 5.56 Å². The largest absolute Gasteiger partial charge is 0.465 e. The summed E-state index contributed by atoms with van der Waals surface area (Å²) in [6.45, 7) is 5.04. The van der Waals surface area contributed by atoms with Crippen molar-refractivity contribution < 1.29 is 19.1 Å². The molecule has 6 nitrogen and oxygen atoms in total. The predicted octanol–water partition coefficient (Wildman–Crippen LogP) is 4.08. The average Bonchev–Trinajstić information content (AvgIpc) is 2.73. The zero-order chi connectivity index (χ0) is 23.1. The van der Waals surface area contributed by atoms with Crippen molar-refractivity contribution in [2.75, 3.05) is 6.61 Å². The zero-order valence-corrected chi connectivity index (χ0v) is 18.6. The Balaban J connectivity index is 1.98. The van der Waals surface area contributed by atoms with Gasteiger partial charge in [-0.25, -0.2) is 9.78 Å². The molecule has 6 heteroatoms. The summed E-state index contributed by atoms with van der Waals surface area (Å²) in [5.74, 6) is -0.879. The molecule has 166 valence electrons. The Bertz CT molecular complexity index is 1070. The Morgan fingerprint density at radius 2 is 1.47 bits per heavy atom. The van der Waals surface area contributed by atoms with Gasteiger partial charge in [0.25, 0.3) is 0 Å². The monoisotopic (exact) mass is 432 g/mol. The quantitative estimate of drug-likeness (QED) is 0.542. The Morgan fingerprint density at radius 1 is 0.906 bits per heavy atom. The molecule has 0 atom stereocenters. The first kappa shape index (κ1) is 23.0. The van der Waals surface area contributed by atoms with Crippen LogP contribution in [-0.2, 0) is 22.4 Å². The summed E-state index contributed by atoms with van der Waals surface area (Å²) in [6, 6.07) is 19.4. The van der Waals surface area contributed by atoms with Gasteiger partial charge in [-0.2, -0.15) is 0 Å². The number of carbonyl (C=O) groups excluding carboxylic acids is 2. The molecule has 0 bridgehead atoms. The molecule has 32 heavy (non-hydrogen) atoms. The molecule has 0 aliphatic rings. The molecule has 0 saturated carbocycles. The first-order valence-electron chi connectivity index (χ1n) is 10.5. The van der Waals surface area contributed by atoms with E-state index in [1.54, 1.807) is 27.0 Å². The molecule has 1 amide bonds. The molecular weight excluding hydrogens is 404 g/mol. The molecular formula is C26H28N2O4. The third-order valence-corrected chi connectivity index (χ3v) is 4.67. The third kappa shape index (κ3) is 6.41. The van der Waals surface area contributed by atoms with Crippen LogP contribution in [0, 0.1) is 0 Å². The summed E-state index contributed by atoms with van der Waals surface area (Å²) in [5, 5.41) is 0. The van der Waals surface area contributed by atoms with E-state index in [0.29, 0.717) is 29.5 Å². The van der Waals surface area contributed by atoms with E-state index >= 15 is 0 Å². The number of nitrogens with two attached hydrogens (primary N) is 1. The minimum atomic E-state index is -0.626. The van der Waals surface area contributed by atoms with Crippen LogP contribution in [0.3, 0.4) is 0 Å². The molecule has 0 spiro atoms. The van der Waals surface area contributed by atoms with Gasteiger partial charge in [-0.3, -0.25) is 4.79 Å². The van der Waals surface area contributed by atoms with E-state index in [1.807, 2.05) is 60.7 Å². The van der Waals surface area contributed by atoms with Crippen LogP contribution < -0.4 is 10.5 Å². The molecule has 0 aliphatic carbocycles. The van der Waals surface area contributed by atoms with Gasteiger partial charge in [0.1, 0.15) is 5.60 Å². The van der Waals surface area contributed by atoms with Gasteiger partial charge in [-0.15, -0.1) is 0 Å². The minimum Gasteiger partial charge on any atom is -0.465 e. The highest BCUT2D eigenvalue weighted by Crippen LogP contribution is 2.28. The number of pyridine rings is 1. The summed E-state index contributed by atoms with van der Waals surface area (Å²) >= 11 is 0. The van der Waals surface area contributed by atoms with E-state index in [4.69, 9.17) is 15.2 Å². The Hall–Kier alpha value is -3.67. The van der Waals surface area contributed by atoms with Crippen LogP contribution in [0.25, 0.3) is 0 Å². The van der Waals surface area contributed by atoms with Crippen molar-refractivity contribution in [1.29, 1.82) is 0 Å². The molecule has 3 aromatic rings. The lowest BCUT2D eigenvalue weighted by molar-refractivity contribution is -0.157. The van der Waals surface area contributed by atoms with Crippen LogP contribution in [0.4, 0.5) is 0 Å². The van der Waals surface area contributed by atoms with Gasteiger partial charge in [0.2, 0.25) is 11.8 Å². The SMILES string of the molecule is CC(C)(C)OC(=O)COc1ncc(Cc2ccccc2)c(C(N)=O)c1Cc1ccccc1. The summed E-state index contributed by atoms with van der Waals surface area (Å²) in [5.41, 5.74) is 8.82. The topological polar surface area (TPSA) is 91.5 Å². The number of amides is 1. The fourth-order valence-electron chi connectivity index (χ4n) is 3.42. The van der Waals surface area contributed by atoms with Gasteiger partial charge in [-0.05, 0) is 43.9 Å². The van der Waals surface area contributed by atoms with Crippen molar-refractivity contribution in [2.24, 2.45) is 5.73 Å². The standard InChI is InChI=1S/C26H28N2O4/c1-26(2,3)32-22(29)17-31-25-21(15-19-12-8-5-9-13-19)23(24(27)30)20(16-28-25)14-18-10-6-4-7-11-18/h4-13,16H,14-15,17H2,1-3H3,(H2,27,30). The van der Waals surface area contributed by atoms with Crippen LogP contribution >= 0.6 is 0 Å². The van der Waals surface area contributed by atoms with E-state index in [2.05, 4.69) is 4.98 Å². The fraction of sp³-hybridized carbons (Fsp3) is 0.269. The van der Waals surface area contributed by atoms with Crippen molar-refractivity contribution in [2.45, 2.75) is 39.2 Å². The van der Waals surface area contributed by atoms with E-state index in [-0.39, 0.29) is 12.5 Å². The molecule has 1 aromatic heterocycles. The van der Waals surface area contributed by atoms with Crippen molar-refractivity contribution >= 4 is 11.9 Å². The van der Waals surface area contributed by atoms with E-state index < -0.39 is 17.5 Å². The second kappa shape index (κ2) is 10.1. The maximum absolute atomic E-state index is 12.5. The maximum Gasteiger partial charge on any atom is 0.344 e. The summed E-state index contributed by atoms with van der Waals surface area (Å²) in [4.78, 5) is 29.2. The summed E-state index contributed by atoms with van der Waals surface area (Å²) in [7, 11) is 0. The summed E-state index contributed by atoms with van der Waals surface area (Å²) < 4.78 is 11.0. The third-order valence-electron chi connectivity index (χ3n) is 4.67. The number of ether oxygens (including phenoxy) is 2. The van der Waals surface area contributed by atoms with Gasteiger partial charge in [0.15, 0.2) is 6.61 Å². The fourth-order valence-corrected chi connectivity index (χ4v) is 3.42. The molecule has 1 heterocycles. The van der Waals surface area contributed by atoms with E-state index in [9.17, 15) is 9.59 Å². The molecule has 0 fully saturated rings. The molecule has 0 aliphatic heterocycles. The average molecular weight is 433 g/mol. The molecule has 2 N–H and O–H groups in total. The normalized spacial score (nSPS) is 11.1. The van der Waals surface area contributed by atoms with Crippen LogP contribution in [0.15, 0.2) is 66.9 Å². The lowest BCUT2D eigenvalue weighted by Crippen LogP contribution is -2.28. The van der Waals surface area contributed by atoms with E-state index in [0.717, 1.165) is 11.1 Å². The molecule has 0 saturated heterocycles. The number of rotatable bonds is 8. The molecule has 2 aromatic carbocycles. The Kier molecular flexibility index (Phi) is 7.25. The first-order chi connectivity index (χ1) is 15.2. The van der Waals surface area contributed by atoms with Gasteiger partial charge >= 0.3 is 5.97 Å². The number of nitrogens with zero attached hydrogens (tertiary/aromatic N) is 1. The molecule has 3 rings (SSSR count). The second-order valence-electron chi connectivity index (χ2n) is 8.51.